The second-order valence-corrected chi connectivity index (χ2v) is 10.0. The van der Waals surface area contributed by atoms with Crippen LogP contribution in [0.3, 0.4) is 0 Å². The molecule has 2 N–H and O–H groups in total. The molecule has 0 aliphatic carbocycles. The van der Waals surface area contributed by atoms with Crippen LogP contribution in [-0.2, 0) is 35.4 Å². The van der Waals surface area contributed by atoms with Crippen LogP contribution in [0.1, 0.15) is 60.9 Å². The first-order chi connectivity index (χ1) is 17.6. The molecule has 0 spiro atoms. The number of unbranched alkanes of at least 4 members (excludes halogenated alkanes) is 1. The number of rotatable bonds is 12. The Kier molecular flexibility index (Phi) is 9.32. The maximum absolute atomic E-state index is 12.6. The number of benzene rings is 1. The summed E-state index contributed by atoms with van der Waals surface area (Å²) >= 11 is 1.42. The van der Waals surface area contributed by atoms with Gasteiger partial charge >= 0.3 is 0 Å². The van der Waals surface area contributed by atoms with Crippen LogP contribution >= 0.6 is 11.3 Å². The number of nitrogens with zero attached hydrogens (tertiary/aromatic N) is 5. The Labute approximate surface area is 215 Å². The molecule has 10 heteroatoms. The second kappa shape index (κ2) is 13.1. The molecule has 1 aliphatic heterocycles. The van der Waals surface area contributed by atoms with E-state index in [-0.39, 0.29) is 18.2 Å². The zero-order chi connectivity index (χ0) is 25.2. The summed E-state index contributed by atoms with van der Waals surface area (Å²) < 4.78 is 0. The third kappa shape index (κ3) is 7.81. The van der Waals surface area contributed by atoms with Crippen LogP contribution in [-0.4, -0.2) is 50.2 Å². The van der Waals surface area contributed by atoms with E-state index in [0.717, 1.165) is 79.3 Å². The average molecular weight is 508 g/mol. The van der Waals surface area contributed by atoms with Gasteiger partial charge in [0.05, 0.1) is 12.1 Å². The van der Waals surface area contributed by atoms with Crippen molar-refractivity contribution in [3.63, 3.8) is 0 Å². The topological polar surface area (TPSA) is 113 Å². The molecule has 190 valence electrons. The van der Waals surface area contributed by atoms with E-state index in [1.165, 1.54) is 11.3 Å². The van der Waals surface area contributed by atoms with E-state index in [2.05, 4.69) is 31.0 Å². The SMILES string of the molecule is CCNc1ccc(CCCCc2nnc(NC(=O)Cc3cccc(CN4CCCCC4=O)c3)s2)nn1. The predicted molar refractivity (Wildman–Crippen MR) is 141 cm³/mol. The number of hydrogen-bond acceptors (Lipinski definition) is 8. The second-order valence-electron chi connectivity index (χ2n) is 8.97. The number of amides is 2. The molecule has 4 rings (SSSR count). The van der Waals surface area contributed by atoms with Gasteiger partial charge < -0.3 is 15.5 Å². The molecule has 2 amide bonds. The number of hydrogen-bond donors (Lipinski definition) is 2. The van der Waals surface area contributed by atoms with Gasteiger partial charge in [0, 0.05) is 32.5 Å². The van der Waals surface area contributed by atoms with Crippen molar-refractivity contribution >= 4 is 34.1 Å². The molecule has 1 aliphatic rings. The fourth-order valence-electron chi connectivity index (χ4n) is 4.19. The van der Waals surface area contributed by atoms with Gasteiger partial charge in [0.25, 0.3) is 0 Å². The molecule has 9 nitrogen and oxygen atoms in total. The van der Waals surface area contributed by atoms with E-state index >= 15 is 0 Å². The Morgan fingerprint density at radius 3 is 2.69 bits per heavy atom. The van der Waals surface area contributed by atoms with Crippen LogP contribution in [0.2, 0.25) is 0 Å². The van der Waals surface area contributed by atoms with Gasteiger partial charge in [0.2, 0.25) is 16.9 Å². The number of carbonyl (C=O) groups excluding carboxylic acids is 2. The van der Waals surface area contributed by atoms with Crippen molar-refractivity contribution in [3.8, 4) is 0 Å². The minimum atomic E-state index is -0.122. The van der Waals surface area contributed by atoms with Crippen molar-refractivity contribution in [2.24, 2.45) is 0 Å². The lowest BCUT2D eigenvalue weighted by Crippen LogP contribution is -2.34. The van der Waals surface area contributed by atoms with Crippen molar-refractivity contribution in [2.45, 2.75) is 64.8 Å². The van der Waals surface area contributed by atoms with E-state index in [4.69, 9.17) is 0 Å². The van der Waals surface area contributed by atoms with Crippen LogP contribution in [0.5, 0.6) is 0 Å². The van der Waals surface area contributed by atoms with E-state index in [0.29, 0.717) is 18.1 Å². The van der Waals surface area contributed by atoms with Crippen LogP contribution < -0.4 is 10.6 Å². The van der Waals surface area contributed by atoms with Crippen LogP contribution in [0.25, 0.3) is 0 Å². The first kappa shape index (κ1) is 25.7. The van der Waals surface area contributed by atoms with Crippen LogP contribution in [0, 0.1) is 0 Å². The first-order valence-electron chi connectivity index (χ1n) is 12.6. The molecule has 36 heavy (non-hydrogen) atoms. The van der Waals surface area contributed by atoms with E-state index < -0.39 is 0 Å². The Hall–Kier alpha value is -3.40. The summed E-state index contributed by atoms with van der Waals surface area (Å²) in [4.78, 5) is 26.6. The average Bonchev–Trinajstić information content (AvgIpc) is 3.31. The van der Waals surface area contributed by atoms with Crippen LogP contribution in [0.15, 0.2) is 36.4 Å². The van der Waals surface area contributed by atoms with Gasteiger partial charge in [-0.2, -0.15) is 5.10 Å². The van der Waals surface area contributed by atoms with Crippen molar-refractivity contribution in [1.82, 2.24) is 25.3 Å². The van der Waals surface area contributed by atoms with Crippen molar-refractivity contribution in [3.05, 3.63) is 58.2 Å². The van der Waals surface area contributed by atoms with Gasteiger partial charge in [-0.3, -0.25) is 9.59 Å². The number of aryl methyl sites for hydroxylation is 2. The van der Waals surface area contributed by atoms with Crippen molar-refractivity contribution < 1.29 is 9.59 Å². The minimum absolute atomic E-state index is 0.122. The maximum Gasteiger partial charge on any atom is 0.230 e. The molecule has 1 saturated heterocycles. The highest BCUT2D eigenvalue weighted by Gasteiger charge is 2.18. The molecule has 2 aromatic heterocycles. The Bertz CT molecular complexity index is 1150. The number of anilines is 2. The number of carbonyl (C=O) groups is 2. The highest BCUT2D eigenvalue weighted by atomic mass is 32.1. The first-order valence-corrected chi connectivity index (χ1v) is 13.4. The highest BCUT2D eigenvalue weighted by Crippen LogP contribution is 2.19. The summed E-state index contributed by atoms with van der Waals surface area (Å²) in [6.07, 6.45) is 6.54. The molecule has 0 saturated carbocycles. The van der Waals surface area contributed by atoms with Crippen molar-refractivity contribution in [2.75, 3.05) is 23.7 Å². The zero-order valence-electron chi connectivity index (χ0n) is 20.7. The summed E-state index contributed by atoms with van der Waals surface area (Å²) in [5.74, 6) is 0.888. The zero-order valence-corrected chi connectivity index (χ0v) is 21.5. The van der Waals surface area contributed by atoms with Gasteiger partial charge in [-0.25, -0.2) is 0 Å². The van der Waals surface area contributed by atoms with Gasteiger partial charge in [-0.05, 0) is 62.3 Å². The lowest BCUT2D eigenvalue weighted by Gasteiger charge is -2.26. The lowest BCUT2D eigenvalue weighted by molar-refractivity contribution is -0.133. The lowest BCUT2D eigenvalue weighted by atomic mass is 10.1. The summed E-state index contributed by atoms with van der Waals surface area (Å²) in [5, 5.41) is 24.2. The largest absolute Gasteiger partial charge is 0.369 e. The quantitative estimate of drug-likeness (QED) is 0.356. The normalized spacial score (nSPS) is 13.6. The third-order valence-corrected chi connectivity index (χ3v) is 6.91. The Morgan fingerprint density at radius 1 is 1.03 bits per heavy atom. The summed E-state index contributed by atoms with van der Waals surface area (Å²) in [6, 6.07) is 11.9. The monoisotopic (exact) mass is 507 g/mol. The molecule has 0 unspecified atom stereocenters. The molecule has 0 atom stereocenters. The molecule has 1 fully saturated rings. The summed E-state index contributed by atoms with van der Waals surface area (Å²) in [5.41, 5.74) is 2.95. The summed E-state index contributed by atoms with van der Waals surface area (Å²) in [6.45, 7) is 4.26. The predicted octanol–water partition coefficient (Wildman–Crippen LogP) is 4.02. The fraction of sp³-hybridized carbons (Fsp3) is 0.462. The number of likely N-dealkylation sites (tertiary alicyclic amines) is 1. The minimum Gasteiger partial charge on any atom is -0.369 e. The molecule has 3 aromatic rings. The molecule has 1 aromatic carbocycles. The molecular formula is C26H33N7O2S. The number of nitrogens with one attached hydrogen (secondary N) is 2. The van der Waals surface area contributed by atoms with Gasteiger partial charge in [0.15, 0.2) is 0 Å². The molecule has 0 bridgehead atoms. The van der Waals surface area contributed by atoms with Gasteiger partial charge in [0.1, 0.15) is 10.8 Å². The summed E-state index contributed by atoms with van der Waals surface area (Å²) in [7, 11) is 0. The van der Waals surface area contributed by atoms with E-state index in [1.54, 1.807) is 0 Å². The maximum atomic E-state index is 12.6. The molecule has 3 heterocycles. The van der Waals surface area contributed by atoms with Crippen LogP contribution in [0.4, 0.5) is 10.9 Å². The fourth-order valence-corrected chi connectivity index (χ4v) is 4.99. The molecular weight excluding hydrogens is 474 g/mol. The Balaban J connectivity index is 1.19. The molecule has 0 radical (unpaired) electrons. The van der Waals surface area contributed by atoms with Gasteiger partial charge in [-0.1, -0.05) is 35.6 Å². The highest BCUT2D eigenvalue weighted by molar-refractivity contribution is 7.15. The van der Waals surface area contributed by atoms with Gasteiger partial charge in [-0.15, -0.1) is 15.3 Å². The third-order valence-electron chi connectivity index (χ3n) is 6.02. The Morgan fingerprint density at radius 2 is 1.89 bits per heavy atom. The standard InChI is InChI=1S/C26H33N7O2S/c1-2-27-22-14-13-21(29-30-22)10-3-4-11-24-31-32-26(36-24)28-23(34)17-19-8-7-9-20(16-19)18-33-15-6-5-12-25(33)35/h7-9,13-14,16H,2-6,10-12,15,17-18H2,1H3,(H,27,30)(H,28,32,34). The smallest absolute Gasteiger partial charge is 0.230 e. The number of piperidine rings is 1. The van der Waals surface area contributed by atoms with Crippen molar-refractivity contribution in [1.29, 1.82) is 0 Å². The number of aromatic nitrogens is 4. The van der Waals surface area contributed by atoms with E-state index in [1.807, 2.05) is 48.2 Å². The van der Waals surface area contributed by atoms with E-state index in [9.17, 15) is 9.59 Å².